The Kier molecular flexibility index (Phi) is 5.06. The zero-order valence-electron chi connectivity index (χ0n) is 12.6. The molecule has 1 saturated carbocycles. The number of nitrogens with one attached hydrogen (secondary N) is 1. The molecule has 0 aromatic carbocycles. The van der Waals surface area contributed by atoms with Crippen LogP contribution in [0.15, 0.2) is 22.8 Å². The molecule has 1 aliphatic rings. The molecule has 1 N–H and O–H groups in total. The zero-order chi connectivity index (χ0) is 13.7. The molecule has 1 unspecified atom stereocenters. The van der Waals surface area contributed by atoms with Crippen molar-refractivity contribution in [2.45, 2.75) is 57.0 Å². The second-order valence-electron chi connectivity index (χ2n) is 5.96. The second-order valence-corrected chi connectivity index (χ2v) is 5.96. The van der Waals surface area contributed by atoms with Gasteiger partial charge in [-0.2, -0.15) is 0 Å². The summed E-state index contributed by atoms with van der Waals surface area (Å²) in [5, 5.41) is 3.73. The summed E-state index contributed by atoms with van der Waals surface area (Å²) < 4.78 is 5.73. The Morgan fingerprint density at radius 1 is 1.32 bits per heavy atom. The van der Waals surface area contributed by atoms with Gasteiger partial charge in [-0.3, -0.25) is 0 Å². The average molecular weight is 264 g/mol. The molecule has 1 atom stereocenters. The normalized spacial score (nSPS) is 20.6. The Morgan fingerprint density at radius 2 is 2.05 bits per heavy atom. The van der Waals surface area contributed by atoms with Crippen LogP contribution in [0.4, 0.5) is 0 Å². The van der Waals surface area contributed by atoms with Gasteiger partial charge in [0.25, 0.3) is 0 Å². The first-order valence-electron chi connectivity index (χ1n) is 7.65. The van der Waals surface area contributed by atoms with E-state index in [0.29, 0.717) is 6.04 Å². The fourth-order valence-corrected chi connectivity index (χ4v) is 3.46. The molecule has 1 aromatic rings. The van der Waals surface area contributed by atoms with E-state index in [-0.39, 0.29) is 5.54 Å². The molecular weight excluding hydrogens is 236 g/mol. The van der Waals surface area contributed by atoms with Crippen molar-refractivity contribution in [3.05, 3.63) is 24.2 Å². The number of hydrogen-bond acceptors (Lipinski definition) is 3. The van der Waals surface area contributed by atoms with Gasteiger partial charge in [0, 0.05) is 5.54 Å². The topological polar surface area (TPSA) is 28.4 Å². The van der Waals surface area contributed by atoms with Crippen molar-refractivity contribution in [2.75, 3.05) is 20.6 Å². The maximum atomic E-state index is 5.73. The van der Waals surface area contributed by atoms with E-state index in [4.69, 9.17) is 4.42 Å². The van der Waals surface area contributed by atoms with Gasteiger partial charge >= 0.3 is 0 Å². The number of nitrogens with zero attached hydrogens (tertiary/aromatic N) is 1. The Bertz CT molecular complexity index is 353. The summed E-state index contributed by atoms with van der Waals surface area (Å²) in [6, 6.07) is 4.42. The van der Waals surface area contributed by atoms with Gasteiger partial charge < -0.3 is 14.6 Å². The van der Waals surface area contributed by atoms with E-state index in [2.05, 4.69) is 37.3 Å². The standard InChI is InChI=1S/C16H28N2O/c1-4-12-17-15(14-9-8-13-19-14)16(18(2)3)10-6-5-7-11-16/h8-9,13,15,17H,4-7,10-12H2,1-3H3. The van der Waals surface area contributed by atoms with E-state index in [9.17, 15) is 0 Å². The molecule has 1 heterocycles. The highest BCUT2D eigenvalue weighted by molar-refractivity contribution is 5.14. The van der Waals surface area contributed by atoms with Crippen LogP contribution in [0.2, 0.25) is 0 Å². The van der Waals surface area contributed by atoms with Crippen molar-refractivity contribution in [2.24, 2.45) is 0 Å². The monoisotopic (exact) mass is 264 g/mol. The SMILES string of the molecule is CCCNC(c1ccco1)C1(N(C)C)CCCCC1. The maximum absolute atomic E-state index is 5.73. The molecular formula is C16H28N2O. The minimum Gasteiger partial charge on any atom is -0.468 e. The number of likely N-dealkylation sites (N-methyl/N-ethyl adjacent to an activating group) is 1. The molecule has 0 bridgehead atoms. The molecule has 2 rings (SSSR count). The summed E-state index contributed by atoms with van der Waals surface area (Å²) in [5.41, 5.74) is 0.200. The highest BCUT2D eigenvalue weighted by atomic mass is 16.3. The highest BCUT2D eigenvalue weighted by Gasteiger charge is 2.43. The molecule has 1 fully saturated rings. The summed E-state index contributed by atoms with van der Waals surface area (Å²) in [5.74, 6) is 1.09. The van der Waals surface area contributed by atoms with E-state index in [0.717, 1.165) is 18.7 Å². The van der Waals surface area contributed by atoms with Crippen molar-refractivity contribution >= 4 is 0 Å². The van der Waals surface area contributed by atoms with Crippen LogP contribution in [0, 0.1) is 0 Å². The molecule has 1 aliphatic carbocycles. The van der Waals surface area contributed by atoms with Crippen LogP contribution < -0.4 is 5.32 Å². The fourth-order valence-electron chi connectivity index (χ4n) is 3.46. The van der Waals surface area contributed by atoms with Crippen LogP contribution in [-0.2, 0) is 0 Å². The molecule has 0 spiro atoms. The van der Waals surface area contributed by atoms with Crippen LogP contribution in [0.1, 0.15) is 57.3 Å². The Balaban J connectivity index is 2.27. The van der Waals surface area contributed by atoms with Crippen molar-refractivity contribution in [1.29, 1.82) is 0 Å². The van der Waals surface area contributed by atoms with Crippen molar-refractivity contribution in [3.63, 3.8) is 0 Å². The molecule has 0 amide bonds. The predicted octanol–water partition coefficient (Wildman–Crippen LogP) is 3.58. The summed E-state index contributed by atoms with van der Waals surface area (Å²) in [6.45, 7) is 3.26. The van der Waals surface area contributed by atoms with Gasteiger partial charge in [0.05, 0.1) is 12.3 Å². The number of rotatable bonds is 6. The molecule has 3 heteroatoms. The molecule has 0 aliphatic heterocycles. The predicted molar refractivity (Wildman–Crippen MR) is 79.2 cm³/mol. The molecule has 0 saturated heterocycles. The van der Waals surface area contributed by atoms with Gasteiger partial charge in [-0.25, -0.2) is 0 Å². The molecule has 0 radical (unpaired) electrons. The fraction of sp³-hybridized carbons (Fsp3) is 0.750. The van der Waals surface area contributed by atoms with Crippen LogP contribution in [0.5, 0.6) is 0 Å². The lowest BCUT2D eigenvalue weighted by atomic mass is 9.74. The third-order valence-corrected chi connectivity index (χ3v) is 4.57. The van der Waals surface area contributed by atoms with E-state index < -0.39 is 0 Å². The van der Waals surface area contributed by atoms with Gasteiger partial charge in [-0.15, -0.1) is 0 Å². The first-order valence-corrected chi connectivity index (χ1v) is 7.65. The lowest BCUT2D eigenvalue weighted by Gasteiger charge is -2.48. The third-order valence-electron chi connectivity index (χ3n) is 4.57. The Labute approximate surface area is 117 Å². The highest BCUT2D eigenvalue weighted by Crippen LogP contribution is 2.42. The van der Waals surface area contributed by atoms with Crippen molar-refractivity contribution in [3.8, 4) is 0 Å². The average Bonchev–Trinajstić information content (AvgIpc) is 2.94. The lowest BCUT2D eigenvalue weighted by Crippen LogP contribution is -2.54. The Hall–Kier alpha value is -0.800. The zero-order valence-corrected chi connectivity index (χ0v) is 12.6. The summed E-state index contributed by atoms with van der Waals surface area (Å²) in [4.78, 5) is 2.42. The summed E-state index contributed by atoms with van der Waals surface area (Å²) >= 11 is 0. The quantitative estimate of drug-likeness (QED) is 0.851. The van der Waals surface area contributed by atoms with Crippen LogP contribution >= 0.6 is 0 Å². The largest absolute Gasteiger partial charge is 0.468 e. The van der Waals surface area contributed by atoms with Gasteiger partial charge in [0.2, 0.25) is 0 Å². The van der Waals surface area contributed by atoms with E-state index in [1.165, 1.54) is 32.1 Å². The van der Waals surface area contributed by atoms with Gasteiger partial charge in [-0.1, -0.05) is 26.2 Å². The van der Waals surface area contributed by atoms with E-state index in [1.807, 2.05) is 6.07 Å². The van der Waals surface area contributed by atoms with Gasteiger partial charge in [-0.05, 0) is 52.0 Å². The van der Waals surface area contributed by atoms with Crippen molar-refractivity contribution < 1.29 is 4.42 Å². The Morgan fingerprint density at radius 3 is 2.58 bits per heavy atom. The summed E-state index contributed by atoms with van der Waals surface area (Å²) in [7, 11) is 4.43. The van der Waals surface area contributed by atoms with E-state index in [1.54, 1.807) is 6.26 Å². The van der Waals surface area contributed by atoms with E-state index >= 15 is 0 Å². The van der Waals surface area contributed by atoms with Gasteiger partial charge in [0.15, 0.2) is 0 Å². The van der Waals surface area contributed by atoms with Crippen LogP contribution in [-0.4, -0.2) is 31.1 Å². The first kappa shape index (κ1) is 14.6. The van der Waals surface area contributed by atoms with Crippen LogP contribution in [0.3, 0.4) is 0 Å². The first-order chi connectivity index (χ1) is 9.20. The smallest absolute Gasteiger partial charge is 0.122 e. The minimum atomic E-state index is 0.200. The van der Waals surface area contributed by atoms with Crippen molar-refractivity contribution in [1.82, 2.24) is 10.2 Å². The van der Waals surface area contributed by atoms with Crippen LogP contribution in [0.25, 0.3) is 0 Å². The minimum absolute atomic E-state index is 0.200. The molecule has 108 valence electrons. The molecule has 19 heavy (non-hydrogen) atoms. The molecule has 3 nitrogen and oxygen atoms in total. The second kappa shape index (κ2) is 6.58. The third kappa shape index (κ3) is 3.03. The number of hydrogen-bond donors (Lipinski definition) is 1. The number of furan rings is 1. The molecule has 1 aromatic heterocycles. The lowest BCUT2D eigenvalue weighted by molar-refractivity contribution is 0.0479. The summed E-state index contributed by atoms with van der Waals surface area (Å²) in [6.07, 6.45) is 9.47. The van der Waals surface area contributed by atoms with Gasteiger partial charge in [0.1, 0.15) is 5.76 Å². The maximum Gasteiger partial charge on any atom is 0.122 e.